The fourth-order valence-corrected chi connectivity index (χ4v) is 4.98. The van der Waals surface area contributed by atoms with Crippen LogP contribution in [0.3, 0.4) is 0 Å². The highest BCUT2D eigenvalue weighted by Gasteiger charge is 2.20. The Labute approximate surface area is 184 Å². The quantitative estimate of drug-likeness (QED) is 0.305. The van der Waals surface area contributed by atoms with Crippen LogP contribution in [0.25, 0.3) is 21.9 Å². The minimum Gasteiger partial charge on any atom is -0.494 e. The summed E-state index contributed by atoms with van der Waals surface area (Å²) in [5, 5.41) is 2.04. The van der Waals surface area contributed by atoms with Crippen LogP contribution in [0.2, 0.25) is 10.0 Å². The van der Waals surface area contributed by atoms with Crippen molar-refractivity contribution in [2.75, 3.05) is 14.2 Å². The van der Waals surface area contributed by atoms with Crippen LogP contribution in [0.1, 0.15) is 11.1 Å². The van der Waals surface area contributed by atoms with Gasteiger partial charge in [-0.15, -0.1) is 0 Å². The maximum atomic E-state index is 6.40. The number of methoxy groups -OCH3 is 2. The third-order valence-electron chi connectivity index (χ3n) is 4.72. The maximum Gasteiger partial charge on any atom is 0.453 e. The topological polar surface area (TPSA) is 54.0 Å². The van der Waals surface area contributed by atoms with Gasteiger partial charge in [-0.2, -0.15) is 0 Å². The first-order valence-electron chi connectivity index (χ1n) is 9.08. The Kier molecular flexibility index (Phi) is 5.79. The van der Waals surface area contributed by atoms with E-state index < -0.39 is 8.24 Å². The SMILES string of the molecule is COc1c(Cl)ccc2op(Oc3c(C)cccc3C)oc3ccc(Cl)c(OC)c3c12. The van der Waals surface area contributed by atoms with E-state index in [4.69, 9.17) is 45.6 Å². The summed E-state index contributed by atoms with van der Waals surface area (Å²) in [5.41, 5.74) is 2.95. The Hall–Kier alpha value is -2.46. The summed E-state index contributed by atoms with van der Waals surface area (Å²) in [6, 6.07) is 12.8. The molecule has 0 aliphatic carbocycles. The summed E-state index contributed by atoms with van der Waals surface area (Å²) in [6.07, 6.45) is 0. The molecule has 156 valence electrons. The van der Waals surface area contributed by atoms with Gasteiger partial charge in [0, 0.05) is 0 Å². The third kappa shape index (κ3) is 3.58. The fraction of sp³-hybridized carbons (Fsp3) is 0.182. The Bertz CT molecular complexity index is 1210. The molecule has 0 N–H and O–H groups in total. The second-order valence-electron chi connectivity index (χ2n) is 6.63. The van der Waals surface area contributed by atoms with Gasteiger partial charge in [-0.1, -0.05) is 41.4 Å². The minimum atomic E-state index is -1.83. The van der Waals surface area contributed by atoms with Crippen LogP contribution in [-0.2, 0) is 0 Å². The van der Waals surface area contributed by atoms with Crippen molar-refractivity contribution in [2.45, 2.75) is 13.8 Å². The number of rotatable bonds is 4. The lowest BCUT2D eigenvalue weighted by molar-refractivity contribution is 0.416. The van der Waals surface area contributed by atoms with Gasteiger partial charge in [-0.25, -0.2) is 0 Å². The lowest BCUT2D eigenvalue weighted by Gasteiger charge is -2.09. The van der Waals surface area contributed by atoms with E-state index >= 15 is 0 Å². The molecule has 0 spiro atoms. The zero-order valence-corrected chi connectivity index (χ0v) is 19.2. The van der Waals surface area contributed by atoms with Gasteiger partial charge in [0.2, 0.25) is 0 Å². The van der Waals surface area contributed by atoms with E-state index in [1.807, 2.05) is 32.0 Å². The van der Waals surface area contributed by atoms with Crippen LogP contribution < -0.4 is 14.0 Å². The number of halogens is 2. The maximum absolute atomic E-state index is 6.40. The van der Waals surface area contributed by atoms with Crippen molar-refractivity contribution in [3.63, 3.8) is 0 Å². The molecule has 5 nitrogen and oxygen atoms in total. The average Bonchev–Trinajstić information content (AvgIpc) is 2.88. The normalized spacial score (nSPS) is 11.0. The molecule has 4 rings (SSSR count). The number of aryl methyl sites for hydroxylation is 2. The summed E-state index contributed by atoms with van der Waals surface area (Å²) in [4.78, 5) is 0. The number of hydrogen-bond donors (Lipinski definition) is 0. The van der Waals surface area contributed by atoms with Gasteiger partial charge in [0.25, 0.3) is 0 Å². The van der Waals surface area contributed by atoms with Crippen LogP contribution in [0.5, 0.6) is 17.2 Å². The largest absolute Gasteiger partial charge is 0.494 e. The lowest BCUT2D eigenvalue weighted by atomic mass is 10.1. The molecular weight excluding hydrogens is 446 g/mol. The molecule has 8 heteroatoms. The molecule has 4 aromatic rings. The molecule has 0 fully saturated rings. The molecular formula is C22H19Cl2O5P. The molecule has 0 aliphatic rings. The van der Waals surface area contributed by atoms with Crippen LogP contribution >= 0.6 is 31.4 Å². The van der Waals surface area contributed by atoms with Crippen molar-refractivity contribution in [3.8, 4) is 17.2 Å². The lowest BCUT2D eigenvalue weighted by Crippen LogP contribution is -1.89. The van der Waals surface area contributed by atoms with Crippen molar-refractivity contribution in [1.82, 2.24) is 0 Å². The first-order chi connectivity index (χ1) is 14.4. The molecule has 30 heavy (non-hydrogen) atoms. The molecule has 0 atom stereocenters. The summed E-state index contributed by atoms with van der Waals surface area (Å²) in [6.45, 7) is 3.95. The van der Waals surface area contributed by atoms with Gasteiger partial charge >= 0.3 is 8.24 Å². The summed E-state index contributed by atoms with van der Waals surface area (Å²) < 4.78 is 29.7. The van der Waals surface area contributed by atoms with Crippen LogP contribution in [-0.4, -0.2) is 14.2 Å². The molecule has 0 unspecified atom stereocenters. The van der Waals surface area contributed by atoms with E-state index in [9.17, 15) is 0 Å². The van der Waals surface area contributed by atoms with Crippen LogP contribution in [0.15, 0.2) is 50.9 Å². The first-order valence-corrected chi connectivity index (χ1v) is 10.9. The Morgan fingerprint density at radius 3 is 1.60 bits per heavy atom. The molecule has 1 aromatic heterocycles. The second kappa shape index (κ2) is 8.35. The monoisotopic (exact) mass is 464 g/mol. The van der Waals surface area contributed by atoms with Crippen molar-refractivity contribution >= 4 is 53.4 Å². The Balaban J connectivity index is 2.13. The average molecular weight is 465 g/mol. The summed E-state index contributed by atoms with van der Waals surface area (Å²) in [5.74, 6) is 1.59. The zero-order valence-electron chi connectivity index (χ0n) is 16.8. The number of para-hydroxylation sites is 1. The predicted octanol–water partition coefficient (Wildman–Crippen LogP) is 8.07. The third-order valence-corrected chi connectivity index (χ3v) is 6.34. The van der Waals surface area contributed by atoms with Gasteiger partial charge in [0.1, 0.15) is 28.4 Å². The number of fused-ring (bicyclic) bond motifs is 3. The van der Waals surface area contributed by atoms with E-state index in [2.05, 4.69) is 0 Å². The van der Waals surface area contributed by atoms with Crippen molar-refractivity contribution in [2.24, 2.45) is 0 Å². The van der Waals surface area contributed by atoms with Gasteiger partial charge in [0.15, 0.2) is 0 Å². The van der Waals surface area contributed by atoms with E-state index in [0.717, 1.165) is 16.9 Å². The highest BCUT2D eigenvalue weighted by atomic mass is 35.5. The van der Waals surface area contributed by atoms with Gasteiger partial charge < -0.3 is 22.4 Å². The number of benzene rings is 3. The first kappa shape index (κ1) is 20.8. The second-order valence-corrected chi connectivity index (χ2v) is 8.44. The number of hydrogen-bond acceptors (Lipinski definition) is 5. The predicted molar refractivity (Wildman–Crippen MR) is 121 cm³/mol. The molecule has 0 saturated heterocycles. The molecule has 3 aromatic carbocycles. The molecule has 0 radical (unpaired) electrons. The zero-order chi connectivity index (χ0) is 21.4. The van der Waals surface area contributed by atoms with Gasteiger partial charge in [-0.3, -0.25) is 0 Å². The van der Waals surface area contributed by atoms with Gasteiger partial charge in [0.05, 0.1) is 35.0 Å². The van der Waals surface area contributed by atoms with Crippen molar-refractivity contribution in [3.05, 3.63) is 63.6 Å². The summed E-state index contributed by atoms with van der Waals surface area (Å²) in [7, 11) is 1.25. The van der Waals surface area contributed by atoms with Crippen molar-refractivity contribution < 1.29 is 22.4 Å². The molecule has 1 heterocycles. The van der Waals surface area contributed by atoms with E-state index in [1.54, 1.807) is 38.5 Å². The minimum absolute atomic E-state index is 0.426. The molecule has 0 aliphatic heterocycles. The summed E-state index contributed by atoms with van der Waals surface area (Å²) >= 11 is 12.8. The van der Waals surface area contributed by atoms with E-state index in [-0.39, 0.29) is 0 Å². The van der Waals surface area contributed by atoms with Crippen LogP contribution in [0.4, 0.5) is 0 Å². The molecule has 0 bridgehead atoms. The number of ether oxygens (including phenoxy) is 2. The smallest absolute Gasteiger partial charge is 0.453 e. The Morgan fingerprint density at radius 1 is 0.700 bits per heavy atom. The molecule has 0 amide bonds. The Morgan fingerprint density at radius 2 is 1.17 bits per heavy atom. The highest BCUT2D eigenvalue weighted by molar-refractivity contribution is 7.32. The molecule has 0 saturated carbocycles. The van der Waals surface area contributed by atoms with E-state index in [0.29, 0.717) is 43.5 Å². The van der Waals surface area contributed by atoms with E-state index in [1.165, 1.54) is 0 Å². The highest BCUT2D eigenvalue weighted by Crippen LogP contribution is 2.47. The standard InChI is InChI=1S/C22H19Cl2O5P/c1-12-6-5-7-13(2)20(12)29-30-27-16-10-8-14(23)21(25-3)18(16)19-17(28-30)11-9-15(24)22(19)26-4/h5-11H,1-4H3. The van der Waals surface area contributed by atoms with Crippen molar-refractivity contribution in [1.29, 1.82) is 0 Å². The van der Waals surface area contributed by atoms with Crippen LogP contribution in [0, 0.1) is 13.8 Å². The van der Waals surface area contributed by atoms with Gasteiger partial charge in [-0.05, 0) is 49.2 Å². The fourth-order valence-electron chi connectivity index (χ4n) is 3.34.